The molecule has 0 fully saturated rings. The molecule has 0 atom stereocenters. The Morgan fingerprint density at radius 1 is 1.31 bits per heavy atom. The first-order valence-electron chi connectivity index (χ1n) is 5.58. The van der Waals surface area contributed by atoms with Gasteiger partial charge >= 0.3 is 5.97 Å². The van der Waals surface area contributed by atoms with E-state index in [1.165, 1.54) is 0 Å². The van der Waals surface area contributed by atoms with E-state index in [4.69, 9.17) is 5.11 Å². The van der Waals surface area contributed by atoms with Crippen molar-refractivity contribution >= 4 is 12.0 Å². The van der Waals surface area contributed by atoms with Gasteiger partial charge in [0.05, 0.1) is 0 Å². The van der Waals surface area contributed by atoms with Gasteiger partial charge < -0.3 is 5.11 Å². The lowest BCUT2D eigenvalue weighted by Crippen LogP contribution is -2.02. The summed E-state index contributed by atoms with van der Waals surface area (Å²) in [5.74, 6) is -0.289. The molecule has 0 amide bonds. The van der Waals surface area contributed by atoms with Crippen molar-refractivity contribution in [1.29, 1.82) is 0 Å². The minimum atomic E-state index is -0.815. The molecule has 0 saturated carbocycles. The average Bonchev–Trinajstić information content (AvgIpc) is 2.25. The zero-order valence-corrected chi connectivity index (χ0v) is 9.81. The molecule has 0 aliphatic heterocycles. The first-order chi connectivity index (χ1) is 7.59. The lowest BCUT2D eigenvalue weighted by Gasteiger charge is -2.05. The van der Waals surface area contributed by atoms with Crippen molar-refractivity contribution in [3.63, 3.8) is 0 Å². The molecule has 0 heterocycles. The topological polar surface area (TPSA) is 37.3 Å². The molecule has 1 N–H and O–H groups in total. The van der Waals surface area contributed by atoms with E-state index < -0.39 is 5.97 Å². The third-order valence-corrected chi connectivity index (χ3v) is 2.41. The number of carbonyl (C=O) groups is 1. The van der Waals surface area contributed by atoms with Gasteiger partial charge in [0.25, 0.3) is 0 Å². The Hall–Kier alpha value is -1.57. The number of aliphatic carboxylic acids is 1. The summed E-state index contributed by atoms with van der Waals surface area (Å²) in [5, 5.41) is 9.08. The third kappa shape index (κ3) is 4.30. The van der Waals surface area contributed by atoms with E-state index in [2.05, 4.69) is 13.8 Å². The molecule has 16 heavy (non-hydrogen) atoms. The molecule has 0 aliphatic rings. The van der Waals surface area contributed by atoms with Gasteiger partial charge in [-0.15, -0.1) is 0 Å². The highest BCUT2D eigenvalue weighted by Crippen LogP contribution is 2.15. The van der Waals surface area contributed by atoms with Crippen molar-refractivity contribution in [2.45, 2.75) is 26.7 Å². The zero-order valence-electron chi connectivity index (χ0n) is 9.81. The van der Waals surface area contributed by atoms with Crippen LogP contribution in [-0.2, 0) is 4.79 Å². The second-order valence-corrected chi connectivity index (χ2v) is 4.32. The van der Waals surface area contributed by atoms with Crippen LogP contribution >= 0.6 is 0 Å². The molecule has 86 valence electrons. The van der Waals surface area contributed by atoms with Gasteiger partial charge in [0, 0.05) is 5.57 Å². The molecule has 0 unspecified atom stereocenters. The Bertz CT molecular complexity index is 364. The molecular weight excluding hydrogens is 200 g/mol. The molecule has 1 aromatic rings. The second kappa shape index (κ2) is 6.11. The number of rotatable bonds is 5. The normalized spacial score (nSPS) is 11.8. The van der Waals surface area contributed by atoms with Crippen LogP contribution in [0.2, 0.25) is 0 Å². The second-order valence-electron chi connectivity index (χ2n) is 4.32. The highest BCUT2D eigenvalue weighted by molar-refractivity contribution is 5.92. The molecule has 0 spiro atoms. The Labute approximate surface area is 96.6 Å². The summed E-state index contributed by atoms with van der Waals surface area (Å²) in [6.07, 6.45) is 3.29. The van der Waals surface area contributed by atoms with Gasteiger partial charge in [0.1, 0.15) is 0 Å². The smallest absolute Gasteiger partial charge is 0.331 e. The summed E-state index contributed by atoms with van der Waals surface area (Å²) in [6.45, 7) is 4.20. The van der Waals surface area contributed by atoms with Gasteiger partial charge in [-0.05, 0) is 30.4 Å². The predicted molar refractivity (Wildman–Crippen MR) is 66.1 cm³/mol. The lowest BCUT2D eigenvalue weighted by molar-refractivity contribution is -0.132. The van der Waals surface area contributed by atoms with Crippen LogP contribution in [0.4, 0.5) is 0 Å². The quantitative estimate of drug-likeness (QED) is 0.767. The van der Waals surface area contributed by atoms with E-state index in [0.29, 0.717) is 17.9 Å². The number of carboxylic acids is 1. The largest absolute Gasteiger partial charge is 0.478 e. The van der Waals surface area contributed by atoms with Gasteiger partial charge in [-0.3, -0.25) is 0 Å². The first-order valence-corrected chi connectivity index (χ1v) is 5.58. The Morgan fingerprint density at radius 2 is 1.94 bits per heavy atom. The SMILES string of the molecule is CC(C)CCC(=Cc1ccccc1)C(=O)O. The van der Waals surface area contributed by atoms with Crippen LogP contribution in [-0.4, -0.2) is 11.1 Å². The summed E-state index contributed by atoms with van der Waals surface area (Å²) < 4.78 is 0. The molecule has 0 aliphatic carbocycles. The van der Waals surface area contributed by atoms with Crippen LogP contribution in [0, 0.1) is 5.92 Å². The summed E-state index contributed by atoms with van der Waals surface area (Å²) in [6, 6.07) is 9.57. The summed E-state index contributed by atoms with van der Waals surface area (Å²) in [7, 11) is 0. The molecule has 2 nitrogen and oxygen atoms in total. The van der Waals surface area contributed by atoms with Crippen LogP contribution in [0.1, 0.15) is 32.3 Å². The number of hydrogen-bond donors (Lipinski definition) is 1. The molecule has 1 aromatic carbocycles. The fourth-order valence-electron chi connectivity index (χ4n) is 1.44. The van der Waals surface area contributed by atoms with Gasteiger partial charge in [0.2, 0.25) is 0 Å². The van der Waals surface area contributed by atoms with E-state index in [0.717, 1.165) is 12.0 Å². The Balaban J connectivity index is 2.78. The maximum Gasteiger partial charge on any atom is 0.331 e. The average molecular weight is 218 g/mol. The van der Waals surface area contributed by atoms with Crippen LogP contribution in [0.15, 0.2) is 35.9 Å². The molecular formula is C14H18O2. The van der Waals surface area contributed by atoms with Crippen molar-refractivity contribution in [3.05, 3.63) is 41.5 Å². The van der Waals surface area contributed by atoms with Crippen LogP contribution in [0.3, 0.4) is 0 Å². The van der Waals surface area contributed by atoms with Gasteiger partial charge in [-0.25, -0.2) is 4.79 Å². The lowest BCUT2D eigenvalue weighted by atomic mass is 10.0. The third-order valence-electron chi connectivity index (χ3n) is 2.41. The van der Waals surface area contributed by atoms with E-state index in [9.17, 15) is 4.79 Å². The minimum absolute atomic E-state index is 0.486. The van der Waals surface area contributed by atoms with E-state index in [1.54, 1.807) is 6.08 Å². The van der Waals surface area contributed by atoms with Gasteiger partial charge in [-0.1, -0.05) is 44.2 Å². The Morgan fingerprint density at radius 3 is 2.44 bits per heavy atom. The monoisotopic (exact) mass is 218 g/mol. The molecule has 0 saturated heterocycles. The van der Waals surface area contributed by atoms with Crippen molar-refractivity contribution in [2.75, 3.05) is 0 Å². The highest BCUT2D eigenvalue weighted by Gasteiger charge is 2.08. The van der Waals surface area contributed by atoms with E-state index in [-0.39, 0.29) is 0 Å². The standard InChI is InChI=1S/C14H18O2/c1-11(2)8-9-13(14(15)16)10-12-6-4-3-5-7-12/h3-7,10-11H,8-9H2,1-2H3,(H,15,16). The molecule has 2 heteroatoms. The van der Waals surface area contributed by atoms with Crippen molar-refractivity contribution in [2.24, 2.45) is 5.92 Å². The van der Waals surface area contributed by atoms with Crippen LogP contribution in [0.25, 0.3) is 6.08 Å². The number of benzene rings is 1. The number of hydrogen-bond acceptors (Lipinski definition) is 1. The molecule has 1 rings (SSSR count). The first kappa shape index (κ1) is 12.5. The molecule has 0 aromatic heterocycles. The van der Waals surface area contributed by atoms with Crippen LogP contribution in [0.5, 0.6) is 0 Å². The minimum Gasteiger partial charge on any atom is -0.478 e. The zero-order chi connectivity index (χ0) is 12.0. The maximum atomic E-state index is 11.0. The summed E-state index contributed by atoms with van der Waals surface area (Å²) in [4.78, 5) is 11.0. The number of carboxylic acid groups (broad SMARTS) is 1. The van der Waals surface area contributed by atoms with E-state index in [1.807, 2.05) is 30.3 Å². The van der Waals surface area contributed by atoms with Crippen molar-refractivity contribution in [1.82, 2.24) is 0 Å². The molecule has 0 bridgehead atoms. The maximum absolute atomic E-state index is 11.0. The summed E-state index contributed by atoms with van der Waals surface area (Å²) >= 11 is 0. The van der Waals surface area contributed by atoms with Gasteiger partial charge in [-0.2, -0.15) is 0 Å². The highest BCUT2D eigenvalue weighted by atomic mass is 16.4. The Kier molecular flexibility index (Phi) is 4.77. The van der Waals surface area contributed by atoms with Crippen molar-refractivity contribution < 1.29 is 9.90 Å². The van der Waals surface area contributed by atoms with E-state index >= 15 is 0 Å². The fourth-order valence-corrected chi connectivity index (χ4v) is 1.44. The fraction of sp³-hybridized carbons (Fsp3) is 0.357. The van der Waals surface area contributed by atoms with Gasteiger partial charge in [0.15, 0.2) is 0 Å². The predicted octanol–water partition coefficient (Wildman–Crippen LogP) is 3.59. The van der Waals surface area contributed by atoms with Crippen LogP contribution < -0.4 is 0 Å². The van der Waals surface area contributed by atoms with Crippen molar-refractivity contribution in [3.8, 4) is 0 Å². The summed E-state index contributed by atoms with van der Waals surface area (Å²) in [5.41, 5.74) is 1.43. The molecule has 0 radical (unpaired) electrons.